The molecular weight excluding hydrogens is 681 g/mol. The Balaban J connectivity index is 1.08. The summed E-state index contributed by atoms with van der Waals surface area (Å²) >= 11 is 0. The molecule has 1 spiro atoms. The summed E-state index contributed by atoms with van der Waals surface area (Å²) in [6.45, 7) is 2.69. The van der Waals surface area contributed by atoms with Gasteiger partial charge in [0, 0.05) is 23.2 Å². The van der Waals surface area contributed by atoms with Gasteiger partial charge in [0.05, 0.1) is 6.61 Å². The van der Waals surface area contributed by atoms with Crippen molar-refractivity contribution in [1.82, 2.24) is 0 Å². The number of rotatable bonds is 8. The molecule has 0 radical (unpaired) electrons. The number of benzene rings is 9. The Labute approximate surface area is 319 Å². The molecule has 6 aliphatic carbocycles. The number of ether oxygens (including phenoxy) is 1. The van der Waals surface area contributed by atoms with Gasteiger partial charge in [0.15, 0.2) is 0 Å². The SMILES string of the molecule is CCCCOC(=O)CCCC1(c2ccccc2)C2c3cc4c5c6c(cc7c8c9c%10c%11c(cc%12cc%13c%14c(c%15c3c5c3c%15c5c%14c%12c%11c5c9c3c68)C21C=%13)CC=%10C7)C4. The maximum Gasteiger partial charge on any atom is 0.305 e. The van der Waals surface area contributed by atoms with Crippen LogP contribution in [0.1, 0.15) is 83.9 Å². The number of hydrogen-bond acceptors (Lipinski definition) is 2. The van der Waals surface area contributed by atoms with Crippen LogP contribution in [0.3, 0.4) is 0 Å². The minimum atomic E-state index is -0.157. The van der Waals surface area contributed by atoms with Gasteiger partial charge in [-0.2, -0.15) is 0 Å². The first-order valence-corrected chi connectivity index (χ1v) is 21.4. The zero-order chi connectivity index (χ0) is 35.6. The Morgan fingerprint density at radius 1 is 0.643 bits per heavy atom. The second-order valence-corrected chi connectivity index (χ2v) is 19.3. The van der Waals surface area contributed by atoms with E-state index in [1.165, 1.54) is 16.2 Å². The lowest BCUT2D eigenvalue weighted by Crippen LogP contribution is -2.20. The first kappa shape index (κ1) is 27.0. The molecule has 12 aromatic carbocycles. The molecular formula is C54H32O2. The van der Waals surface area contributed by atoms with Gasteiger partial charge in [-0.25, -0.2) is 0 Å². The summed E-state index contributed by atoms with van der Waals surface area (Å²) < 4.78 is 5.75. The number of esters is 1. The van der Waals surface area contributed by atoms with Crippen LogP contribution >= 0.6 is 0 Å². The first-order chi connectivity index (χ1) is 27.7. The zero-order valence-corrected chi connectivity index (χ0v) is 31.0. The van der Waals surface area contributed by atoms with Gasteiger partial charge in [-0.15, -0.1) is 0 Å². The molecule has 0 aliphatic heterocycles. The van der Waals surface area contributed by atoms with Crippen LogP contribution in [0.25, 0.3) is 119 Å². The van der Waals surface area contributed by atoms with E-state index < -0.39 is 0 Å². The van der Waals surface area contributed by atoms with Crippen molar-refractivity contribution in [2.24, 2.45) is 0 Å². The highest BCUT2D eigenvalue weighted by molar-refractivity contribution is 6.63. The molecule has 2 nitrogen and oxygen atoms in total. The topological polar surface area (TPSA) is 26.3 Å². The monoisotopic (exact) mass is 712 g/mol. The third-order valence-electron chi connectivity index (χ3n) is 17.5. The van der Waals surface area contributed by atoms with E-state index in [1.807, 2.05) is 0 Å². The fourth-order valence-corrected chi connectivity index (χ4v) is 16.2. The molecule has 0 heterocycles. The zero-order valence-electron chi connectivity index (χ0n) is 31.0. The standard InChI is InChI=1S/C54H32O2/c1-2-3-12-56-30(55)10-7-11-53(28-8-5-4-6-9-28)52-29-19-26-17-23-15-24-14-21-13-22-16-25-18-27-20-54(52,53)51-37(27)42-36(25)41-32(22)31(21)39-35(24)40-33(23)34(26)43-38(29)50(51)49-47(42)45(41)44(39)46(40)48(43)49/h4-6,8-9,15-16,18-20,52H,2-3,7,10-14,17H2,1H3. The van der Waals surface area contributed by atoms with E-state index >= 15 is 0 Å². The van der Waals surface area contributed by atoms with Crippen LogP contribution < -0.4 is 10.4 Å². The van der Waals surface area contributed by atoms with E-state index in [0.29, 0.717) is 18.9 Å². The van der Waals surface area contributed by atoms with Crippen molar-refractivity contribution in [3.63, 3.8) is 0 Å². The minimum absolute atomic E-state index is 0.0364. The molecule has 0 N–H and O–H groups in total. The van der Waals surface area contributed by atoms with Crippen LogP contribution in [-0.2, 0) is 39.6 Å². The predicted molar refractivity (Wildman–Crippen MR) is 229 cm³/mol. The van der Waals surface area contributed by atoms with Crippen molar-refractivity contribution in [2.75, 3.05) is 6.61 Å². The lowest BCUT2D eigenvalue weighted by Gasteiger charge is -2.25. The van der Waals surface area contributed by atoms with Gasteiger partial charge in [0.2, 0.25) is 0 Å². The van der Waals surface area contributed by atoms with Crippen LogP contribution in [0.5, 0.6) is 0 Å². The maximum atomic E-state index is 13.2. The van der Waals surface area contributed by atoms with Crippen LogP contribution in [0.4, 0.5) is 0 Å². The van der Waals surface area contributed by atoms with Crippen LogP contribution in [0.2, 0.25) is 0 Å². The molecule has 3 atom stereocenters. The number of carbonyl (C=O) groups is 1. The van der Waals surface area contributed by atoms with Gasteiger partial charge in [-0.05, 0) is 202 Å². The highest BCUT2D eigenvalue weighted by atomic mass is 16.5. The van der Waals surface area contributed by atoms with Crippen molar-refractivity contribution < 1.29 is 9.53 Å². The number of carbonyl (C=O) groups excluding carboxylic acids is 1. The highest BCUT2D eigenvalue weighted by Gasteiger charge is 2.79. The quantitative estimate of drug-likeness (QED) is 0.0891. The summed E-state index contributed by atoms with van der Waals surface area (Å²) in [5, 5.41) is 34.8. The summed E-state index contributed by atoms with van der Waals surface area (Å²) in [6, 6.07) is 22.2. The van der Waals surface area contributed by atoms with Gasteiger partial charge in [-0.1, -0.05) is 73.5 Å². The molecule has 3 unspecified atom stereocenters. The molecule has 18 rings (SSSR count). The lowest BCUT2D eigenvalue weighted by molar-refractivity contribution is -0.143. The molecule has 1 saturated carbocycles. The molecule has 1 fully saturated rings. The minimum Gasteiger partial charge on any atom is -0.466 e. The fourth-order valence-electron chi connectivity index (χ4n) is 16.2. The van der Waals surface area contributed by atoms with Gasteiger partial charge in [0.1, 0.15) is 0 Å². The lowest BCUT2D eigenvalue weighted by atomic mass is 9.77. The summed E-state index contributed by atoms with van der Waals surface area (Å²) in [6.07, 6.45) is 10.3. The van der Waals surface area contributed by atoms with Gasteiger partial charge in [0.25, 0.3) is 0 Å². The Morgan fingerprint density at radius 2 is 1.30 bits per heavy atom. The molecule has 0 amide bonds. The second-order valence-electron chi connectivity index (χ2n) is 19.3. The number of unbranched alkanes of at least 4 members (excludes halogenated alkanes) is 1. The van der Waals surface area contributed by atoms with Crippen LogP contribution in [0, 0.1) is 0 Å². The van der Waals surface area contributed by atoms with Crippen LogP contribution in [-0.4, -0.2) is 12.6 Å². The van der Waals surface area contributed by atoms with E-state index in [2.05, 4.69) is 67.6 Å². The van der Waals surface area contributed by atoms with Crippen molar-refractivity contribution in [3.05, 3.63) is 104 Å². The molecule has 0 bridgehead atoms. The van der Waals surface area contributed by atoms with Crippen LogP contribution in [0.15, 0.2) is 54.6 Å². The molecule has 2 heteroatoms. The van der Waals surface area contributed by atoms with Gasteiger partial charge < -0.3 is 4.74 Å². The third kappa shape index (κ3) is 2.18. The fraction of sp³-hybridized carbons (Fsp3) is 0.241. The molecule has 6 aliphatic rings. The van der Waals surface area contributed by atoms with E-state index in [1.54, 1.807) is 147 Å². The second kappa shape index (κ2) is 7.68. The summed E-state index contributed by atoms with van der Waals surface area (Å²) in [5.41, 5.74) is 12.3. The Bertz CT molecular complexity index is 4070. The largest absolute Gasteiger partial charge is 0.466 e. The van der Waals surface area contributed by atoms with E-state index in [9.17, 15) is 4.79 Å². The number of hydrogen-bond donors (Lipinski definition) is 0. The van der Waals surface area contributed by atoms with Crippen molar-refractivity contribution in [1.29, 1.82) is 0 Å². The van der Waals surface area contributed by atoms with E-state index in [4.69, 9.17) is 4.74 Å². The van der Waals surface area contributed by atoms with E-state index in [-0.39, 0.29) is 16.8 Å². The van der Waals surface area contributed by atoms with E-state index in [0.717, 1.165) is 44.9 Å². The molecule has 12 aromatic rings. The molecule has 0 aromatic heterocycles. The third-order valence-corrected chi connectivity index (χ3v) is 17.5. The van der Waals surface area contributed by atoms with Crippen molar-refractivity contribution in [3.8, 4) is 0 Å². The molecule has 56 heavy (non-hydrogen) atoms. The normalized spacial score (nSPS) is 23.4. The average molecular weight is 713 g/mol. The smallest absolute Gasteiger partial charge is 0.305 e. The number of fused-ring (bicyclic) bond motifs is 1. The van der Waals surface area contributed by atoms with Crippen molar-refractivity contribution >= 4 is 125 Å². The van der Waals surface area contributed by atoms with Gasteiger partial charge in [-0.3, -0.25) is 4.79 Å². The van der Waals surface area contributed by atoms with Gasteiger partial charge >= 0.3 is 5.97 Å². The summed E-state index contributed by atoms with van der Waals surface area (Å²) in [7, 11) is 0. The highest BCUT2D eigenvalue weighted by Crippen LogP contribution is 2.84. The molecule has 260 valence electrons. The Kier molecular flexibility index (Phi) is 3.70. The molecule has 0 saturated heterocycles. The predicted octanol–water partition coefficient (Wildman–Crippen LogP) is 11.0. The summed E-state index contributed by atoms with van der Waals surface area (Å²) in [5.74, 6) is 0.286. The Hall–Kier alpha value is -5.73. The summed E-state index contributed by atoms with van der Waals surface area (Å²) in [4.78, 5) is 13.2. The maximum absolute atomic E-state index is 13.2. The first-order valence-electron chi connectivity index (χ1n) is 21.4. The average Bonchev–Trinajstić information content (AvgIpc) is 3.89. The Morgan fingerprint density at radius 3 is 2.12 bits per heavy atom. The van der Waals surface area contributed by atoms with Crippen molar-refractivity contribution in [2.45, 2.75) is 75.0 Å².